The van der Waals surface area contributed by atoms with Crippen LogP contribution in [0.15, 0.2) is 35.4 Å². The highest BCUT2D eigenvalue weighted by Crippen LogP contribution is 2.42. The normalized spacial score (nSPS) is 20.0. The number of hydrogen-bond acceptors (Lipinski definition) is 4. The molecule has 8 heteroatoms. The quantitative estimate of drug-likeness (QED) is 0.705. The summed E-state index contributed by atoms with van der Waals surface area (Å²) >= 11 is 0. The summed E-state index contributed by atoms with van der Waals surface area (Å²) in [5, 5.41) is 3.06. The van der Waals surface area contributed by atoms with Crippen LogP contribution in [0.3, 0.4) is 0 Å². The van der Waals surface area contributed by atoms with Crippen molar-refractivity contribution in [1.29, 1.82) is 0 Å². The summed E-state index contributed by atoms with van der Waals surface area (Å²) in [5.41, 5.74) is 0.655. The maximum absolute atomic E-state index is 13.6. The van der Waals surface area contributed by atoms with Crippen LogP contribution < -0.4 is 15.6 Å². The molecule has 6 nitrogen and oxygen atoms in total. The second kappa shape index (κ2) is 9.82. The van der Waals surface area contributed by atoms with Gasteiger partial charge < -0.3 is 15.0 Å². The van der Waals surface area contributed by atoms with Crippen LogP contribution >= 0.6 is 0 Å². The van der Waals surface area contributed by atoms with Gasteiger partial charge in [0.1, 0.15) is 0 Å². The summed E-state index contributed by atoms with van der Waals surface area (Å²) in [6.07, 6.45) is 4.27. The summed E-state index contributed by atoms with van der Waals surface area (Å²) in [5.74, 6) is 0.0644. The van der Waals surface area contributed by atoms with Crippen molar-refractivity contribution in [2.75, 3.05) is 7.11 Å². The maximum Gasteiger partial charge on any atom is 0.269 e. The van der Waals surface area contributed by atoms with Crippen LogP contribution in [0.2, 0.25) is 0 Å². The van der Waals surface area contributed by atoms with E-state index in [2.05, 4.69) is 15.3 Å². The molecule has 1 fully saturated rings. The molecule has 0 spiro atoms. The highest BCUT2D eigenvalue weighted by atomic mass is 19.3. The fourth-order valence-corrected chi connectivity index (χ4v) is 4.40. The average molecular weight is 419 g/mol. The molecule has 0 radical (unpaired) electrons. The van der Waals surface area contributed by atoms with Crippen molar-refractivity contribution in [3.05, 3.63) is 57.6 Å². The number of pyridine rings is 2. The van der Waals surface area contributed by atoms with Gasteiger partial charge in [0.25, 0.3) is 12.3 Å². The third kappa shape index (κ3) is 4.86. The molecule has 162 valence electrons. The number of H-pyrrole nitrogens is 1. The smallest absolute Gasteiger partial charge is 0.269 e. The van der Waals surface area contributed by atoms with Crippen molar-refractivity contribution in [2.45, 2.75) is 57.4 Å². The Hall–Kier alpha value is -2.77. The molecule has 0 aliphatic heterocycles. The molecule has 1 unspecified atom stereocenters. The molecular weight excluding hydrogens is 392 g/mol. The largest absolute Gasteiger partial charge is 0.481 e. The van der Waals surface area contributed by atoms with Crippen LogP contribution in [0.1, 0.15) is 72.9 Å². The molecule has 0 aromatic carbocycles. The molecule has 0 bridgehead atoms. The van der Waals surface area contributed by atoms with Gasteiger partial charge in [-0.15, -0.1) is 0 Å². The predicted molar refractivity (Wildman–Crippen MR) is 109 cm³/mol. The predicted octanol–water partition coefficient (Wildman–Crippen LogP) is 4.20. The Kier molecular flexibility index (Phi) is 7.18. The van der Waals surface area contributed by atoms with Crippen LogP contribution in [-0.2, 0) is 0 Å². The van der Waals surface area contributed by atoms with Crippen molar-refractivity contribution in [3.63, 3.8) is 0 Å². The summed E-state index contributed by atoms with van der Waals surface area (Å²) in [6.45, 7) is 2.02. The molecule has 2 aromatic rings. The van der Waals surface area contributed by atoms with Gasteiger partial charge in [0.15, 0.2) is 0 Å². The van der Waals surface area contributed by atoms with E-state index in [1.165, 1.54) is 31.6 Å². The summed E-state index contributed by atoms with van der Waals surface area (Å²) in [6, 6.07) is 4.49. The second-order valence-corrected chi connectivity index (χ2v) is 7.67. The van der Waals surface area contributed by atoms with Gasteiger partial charge in [-0.2, -0.15) is 0 Å². The summed E-state index contributed by atoms with van der Waals surface area (Å²) in [4.78, 5) is 30.1. The van der Waals surface area contributed by atoms with E-state index in [0.29, 0.717) is 11.1 Å². The Morgan fingerprint density at radius 2 is 2.00 bits per heavy atom. The standard InChI is InChI=1S/C22H27F2N3O3/c1-3-17(27-21(29)15-8-9-18(28)26-12-15)14-6-4-13(5-7-14)16-10-11-25-22(30-2)19(16)20(23)24/h8-14,17,20H,3-7H2,1-2H3,(H,26,28)(H,27,29)/t13-,14+,17?. The molecule has 3 rings (SSSR count). The lowest BCUT2D eigenvalue weighted by Crippen LogP contribution is -2.41. The van der Waals surface area contributed by atoms with E-state index >= 15 is 0 Å². The number of methoxy groups -OCH3 is 1. The molecule has 1 aliphatic carbocycles. The molecule has 1 aliphatic rings. The Bertz CT molecular complexity index is 904. The van der Waals surface area contributed by atoms with Gasteiger partial charge in [0, 0.05) is 24.5 Å². The van der Waals surface area contributed by atoms with Gasteiger partial charge >= 0.3 is 0 Å². The fraction of sp³-hybridized carbons (Fsp3) is 0.500. The number of halogens is 2. The lowest BCUT2D eigenvalue weighted by atomic mass is 9.74. The number of hydrogen-bond donors (Lipinski definition) is 2. The highest BCUT2D eigenvalue weighted by molar-refractivity contribution is 5.94. The number of nitrogens with one attached hydrogen (secondary N) is 2. The Morgan fingerprint density at radius 1 is 1.27 bits per heavy atom. The zero-order valence-corrected chi connectivity index (χ0v) is 17.2. The van der Waals surface area contributed by atoms with Crippen molar-refractivity contribution < 1.29 is 18.3 Å². The van der Waals surface area contributed by atoms with Gasteiger partial charge in [-0.3, -0.25) is 9.59 Å². The van der Waals surface area contributed by atoms with Crippen molar-refractivity contribution in [3.8, 4) is 5.88 Å². The Morgan fingerprint density at radius 3 is 2.57 bits per heavy atom. The van der Waals surface area contributed by atoms with Gasteiger partial charge in [0.2, 0.25) is 11.4 Å². The minimum absolute atomic E-state index is 0.00748. The molecule has 1 atom stereocenters. The van der Waals surface area contributed by atoms with Crippen molar-refractivity contribution >= 4 is 5.91 Å². The lowest BCUT2D eigenvalue weighted by molar-refractivity contribution is 0.0908. The molecule has 0 saturated heterocycles. The van der Waals surface area contributed by atoms with E-state index in [9.17, 15) is 18.4 Å². The number of rotatable bonds is 7. The number of nitrogens with zero attached hydrogens (tertiary/aromatic N) is 1. The molecular formula is C22H27F2N3O3. The SMILES string of the molecule is CCC(NC(=O)c1ccc(=O)[nH]c1)[C@H]1CC[C@@H](c2ccnc(OC)c2C(F)F)CC1. The lowest BCUT2D eigenvalue weighted by Gasteiger charge is -2.34. The third-order valence-corrected chi connectivity index (χ3v) is 5.98. The number of amides is 1. The Balaban J connectivity index is 1.66. The molecule has 1 amide bonds. The number of alkyl halides is 2. The van der Waals surface area contributed by atoms with E-state index < -0.39 is 6.43 Å². The highest BCUT2D eigenvalue weighted by Gasteiger charge is 2.32. The monoisotopic (exact) mass is 419 g/mol. The zero-order chi connectivity index (χ0) is 21.7. The number of carbonyl (C=O) groups is 1. The number of carbonyl (C=O) groups excluding carboxylic acids is 1. The van der Waals surface area contributed by atoms with Crippen molar-refractivity contribution in [2.24, 2.45) is 5.92 Å². The molecule has 2 heterocycles. The van der Waals surface area contributed by atoms with E-state index in [4.69, 9.17) is 4.74 Å². The maximum atomic E-state index is 13.6. The third-order valence-electron chi connectivity index (χ3n) is 5.98. The first-order valence-corrected chi connectivity index (χ1v) is 10.2. The minimum atomic E-state index is -2.64. The topological polar surface area (TPSA) is 84.1 Å². The number of aromatic amines is 1. The summed E-state index contributed by atoms with van der Waals surface area (Å²) < 4.78 is 32.3. The minimum Gasteiger partial charge on any atom is -0.481 e. The fourth-order valence-electron chi connectivity index (χ4n) is 4.40. The molecule has 1 saturated carbocycles. The van der Waals surface area contributed by atoms with Crippen molar-refractivity contribution in [1.82, 2.24) is 15.3 Å². The van der Waals surface area contributed by atoms with Crippen LogP contribution in [-0.4, -0.2) is 29.0 Å². The molecule has 2 aromatic heterocycles. The number of ether oxygens (including phenoxy) is 1. The summed E-state index contributed by atoms with van der Waals surface area (Å²) in [7, 11) is 1.35. The first-order chi connectivity index (χ1) is 14.4. The van der Waals surface area contributed by atoms with Crippen LogP contribution in [0.5, 0.6) is 5.88 Å². The van der Waals surface area contributed by atoms with Crippen LogP contribution in [0.25, 0.3) is 0 Å². The van der Waals surface area contributed by atoms with Gasteiger partial charge in [0.05, 0.1) is 18.2 Å². The first kappa shape index (κ1) is 21.9. The van der Waals surface area contributed by atoms with Crippen LogP contribution in [0, 0.1) is 5.92 Å². The van der Waals surface area contributed by atoms with Gasteiger partial charge in [-0.05, 0) is 61.6 Å². The molecule has 30 heavy (non-hydrogen) atoms. The second-order valence-electron chi connectivity index (χ2n) is 7.67. The van der Waals surface area contributed by atoms with Gasteiger partial charge in [-0.1, -0.05) is 6.92 Å². The molecule has 2 N–H and O–H groups in total. The Labute approximate surface area is 174 Å². The van der Waals surface area contributed by atoms with E-state index in [-0.39, 0.29) is 40.8 Å². The van der Waals surface area contributed by atoms with E-state index in [0.717, 1.165) is 32.1 Å². The van der Waals surface area contributed by atoms with Crippen LogP contribution in [0.4, 0.5) is 8.78 Å². The first-order valence-electron chi connectivity index (χ1n) is 10.2. The van der Waals surface area contributed by atoms with Gasteiger partial charge in [-0.25, -0.2) is 13.8 Å². The van der Waals surface area contributed by atoms with E-state index in [1.807, 2.05) is 6.92 Å². The van der Waals surface area contributed by atoms with E-state index in [1.54, 1.807) is 6.07 Å². The number of aromatic nitrogens is 2. The average Bonchev–Trinajstić information content (AvgIpc) is 2.77. The zero-order valence-electron chi connectivity index (χ0n) is 17.2.